The van der Waals surface area contributed by atoms with Crippen LogP contribution in [0.15, 0.2) is 62.1 Å². The molecule has 0 saturated heterocycles. The quantitative estimate of drug-likeness (QED) is 0.672. The predicted octanol–water partition coefficient (Wildman–Crippen LogP) is 4.48. The monoisotopic (exact) mass is 310 g/mol. The van der Waals surface area contributed by atoms with Crippen molar-refractivity contribution in [3.05, 3.63) is 69.0 Å². The predicted molar refractivity (Wildman–Crippen MR) is 85.0 cm³/mol. The summed E-state index contributed by atoms with van der Waals surface area (Å²) in [4.78, 5) is 28.1. The summed E-state index contributed by atoms with van der Waals surface area (Å²) in [7, 11) is 0. The minimum atomic E-state index is -0.0315. The molecule has 0 spiro atoms. The summed E-state index contributed by atoms with van der Waals surface area (Å²) in [6.45, 7) is 2.00. The standard InChI is InChI=1S/C17H10O2S2/c1-9-6-7-11-13(8-9)21-17(15(11)19)16-14(18)10-4-2-3-5-12(10)20-16/h2-8H,1H3/b17-16-. The molecule has 2 aromatic carbocycles. The summed E-state index contributed by atoms with van der Waals surface area (Å²) in [6, 6.07) is 13.3. The molecule has 0 unspecified atom stereocenters. The van der Waals surface area contributed by atoms with Gasteiger partial charge in [-0.25, -0.2) is 0 Å². The first-order chi connectivity index (χ1) is 10.1. The van der Waals surface area contributed by atoms with Crippen LogP contribution in [-0.4, -0.2) is 11.6 Å². The fraction of sp³-hybridized carbons (Fsp3) is 0.0588. The van der Waals surface area contributed by atoms with E-state index in [1.54, 1.807) is 0 Å². The van der Waals surface area contributed by atoms with Gasteiger partial charge in [0, 0.05) is 20.9 Å². The molecule has 0 atom stereocenters. The lowest BCUT2D eigenvalue weighted by Gasteiger charge is -1.98. The van der Waals surface area contributed by atoms with Crippen LogP contribution in [0.1, 0.15) is 26.3 Å². The van der Waals surface area contributed by atoms with Gasteiger partial charge in [0.1, 0.15) is 0 Å². The molecule has 2 aliphatic rings. The van der Waals surface area contributed by atoms with Crippen LogP contribution >= 0.6 is 23.5 Å². The summed E-state index contributed by atoms with van der Waals surface area (Å²) >= 11 is 2.83. The topological polar surface area (TPSA) is 34.1 Å². The lowest BCUT2D eigenvalue weighted by Crippen LogP contribution is -2.01. The van der Waals surface area contributed by atoms with E-state index >= 15 is 0 Å². The highest BCUT2D eigenvalue weighted by molar-refractivity contribution is 8.08. The van der Waals surface area contributed by atoms with Gasteiger partial charge in [-0.3, -0.25) is 9.59 Å². The smallest absolute Gasteiger partial charge is 0.202 e. The van der Waals surface area contributed by atoms with Crippen molar-refractivity contribution >= 4 is 35.1 Å². The largest absolute Gasteiger partial charge is 0.288 e. The van der Waals surface area contributed by atoms with E-state index in [0.29, 0.717) is 20.9 Å². The zero-order valence-electron chi connectivity index (χ0n) is 11.2. The molecule has 102 valence electrons. The van der Waals surface area contributed by atoms with Crippen LogP contribution in [0.5, 0.6) is 0 Å². The third kappa shape index (κ3) is 1.90. The second-order valence-electron chi connectivity index (χ2n) is 5.02. The van der Waals surface area contributed by atoms with E-state index in [2.05, 4.69) is 0 Å². The van der Waals surface area contributed by atoms with Gasteiger partial charge in [0.05, 0.1) is 9.81 Å². The second kappa shape index (κ2) is 4.61. The Morgan fingerprint density at radius 2 is 1.38 bits per heavy atom. The van der Waals surface area contributed by atoms with Gasteiger partial charge in [0.15, 0.2) is 0 Å². The number of rotatable bonds is 0. The van der Waals surface area contributed by atoms with E-state index in [9.17, 15) is 9.59 Å². The molecule has 0 aliphatic carbocycles. The van der Waals surface area contributed by atoms with Crippen molar-refractivity contribution in [1.82, 2.24) is 0 Å². The number of carbonyl (C=O) groups is 2. The Morgan fingerprint density at radius 3 is 2.10 bits per heavy atom. The van der Waals surface area contributed by atoms with Crippen molar-refractivity contribution in [2.75, 3.05) is 0 Å². The molecule has 0 radical (unpaired) electrons. The number of Topliss-reactive ketones (excluding diaryl/α,β-unsaturated/α-hetero) is 2. The Bertz CT molecular complexity index is 850. The van der Waals surface area contributed by atoms with Crippen LogP contribution in [0.2, 0.25) is 0 Å². The number of hydrogen-bond acceptors (Lipinski definition) is 4. The van der Waals surface area contributed by atoms with E-state index in [4.69, 9.17) is 0 Å². The molecule has 2 aromatic rings. The number of carbonyl (C=O) groups excluding carboxylic acids is 2. The van der Waals surface area contributed by atoms with E-state index in [0.717, 1.165) is 15.4 Å². The summed E-state index contributed by atoms with van der Waals surface area (Å²) in [6.07, 6.45) is 0. The highest BCUT2D eigenvalue weighted by Gasteiger charge is 2.35. The normalized spacial score (nSPS) is 19.9. The average molecular weight is 310 g/mol. The van der Waals surface area contributed by atoms with Crippen LogP contribution < -0.4 is 0 Å². The summed E-state index contributed by atoms with van der Waals surface area (Å²) < 4.78 is 0. The van der Waals surface area contributed by atoms with Gasteiger partial charge in [0.2, 0.25) is 11.6 Å². The second-order valence-corrected chi connectivity index (χ2v) is 7.12. The SMILES string of the molecule is Cc1ccc2c(c1)S/C(=C1\Sc3ccccc3C1=O)C2=O. The number of allylic oxidation sites excluding steroid dienone is 2. The third-order valence-corrected chi connectivity index (χ3v) is 6.01. The maximum Gasteiger partial charge on any atom is 0.202 e. The molecule has 0 N–H and O–H groups in total. The van der Waals surface area contributed by atoms with Crippen molar-refractivity contribution in [3.8, 4) is 0 Å². The van der Waals surface area contributed by atoms with Crippen molar-refractivity contribution in [3.63, 3.8) is 0 Å². The lowest BCUT2D eigenvalue weighted by atomic mass is 10.1. The van der Waals surface area contributed by atoms with E-state index in [1.807, 2.05) is 49.4 Å². The summed E-state index contributed by atoms with van der Waals surface area (Å²) in [5.74, 6) is -0.0605. The first-order valence-corrected chi connectivity index (χ1v) is 8.17. The number of ketones is 2. The number of benzene rings is 2. The minimum Gasteiger partial charge on any atom is -0.288 e. The van der Waals surface area contributed by atoms with Crippen molar-refractivity contribution < 1.29 is 9.59 Å². The molecule has 2 aliphatic heterocycles. The Balaban J connectivity index is 1.83. The molecular formula is C17H10O2S2. The first kappa shape index (κ1) is 12.9. The zero-order chi connectivity index (χ0) is 14.6. The maximum absolute atomic E-state index is 12.5. The molecule has 2 heterocycles. The van der Waals surface area contributed by atoms with Gasteiger partial charge in [0.25, 0.3) is 0 Å². The molecular weight excluding hydrogens is 300 g/mol. The van der Waals surface area contributed by atoms with Crippen LogP contribution in [-0.2, 0) is 0 Å². The maximum atomic E-state index is 12.5. The van der Waals surface area contributed by atoms with Crippen molar-refractivity contribution in [2.45, 2.75) is 16.7 Å². The van der Waals surface area contributed by atoms with Gasteiger partial charge in [-0.1, -0.05) is 41.7 Å². The fourth-order valence-electron chi connectivity index (χ4n) is 2.50. The third-order valence-electron chi connectivity index (χ3n) is 3.56. The van der Waals surface area contributed by atoms with Gasteiger partial charge in [-0.05, 0) is 36.8 Å². The van der Waals surface area contributed by atoms with Crippen LogP contribution in [0, 0.1) is 6.92 Å². The van der Waals surface area contributed by atoms with Crippen LogP contribution in [0.4, 0.5) is 0 Å². The Kier molecular flexibility index (Phi) is 2.84. The van der Waals surface area contributed by atoms with E-state index in [-0.39, 0.29) is 11.6 Å². The summed E-state index contributed by atoms with van der Waals surface area (Å²) in [5, 5.41) is 0. The number of fused-ring (bicyclic) bond motifs is 2. The van der Waals surface area contributed by atoms with Crippen molar-refractivity contribution in [1.29, 1.82) is 0 Å². The van der Waals surface area contributed by atoms with Crippen LogP contribution in [0.25, 0.3) is 0 Å². The molecule has 4 rings (SSSR count). The Hall–Kier alpha value is -1.78. The molecule has 0 fully saturated rings. The Morgan fingerprint density at radius 1 is 0.762 bits per heavy atom. The molecule has 2 nitrogen and oxygen atoms in total. The van der Waals surface area contributed by atoms with Gasteiger partial charge >= 0.3 is 0 Å². The van der Waals surface area contributed by atoms with E-state index < -0.39 is 0 Å². The molecule has 0 amide bonds. The average Bonchev–Trinajstić information content (AvgIpc) is 2.97. The molecule has 0 aromatic heterocycles. The number of thioether (sulfide) groups is 2. The van der Waals surface area contributed by atoms with Crippen molar-refractivity contribution in [2.24, 2.45) is 0 Å². The summed E-state index contributed by atoms with van der Waals surface area (Å²) in [5.41, 5.74) is 2.52. The van der Waals surface area contributed by atoms with Gasteiger partial charge < -0.3 is 0 Å². The molecule has 0 bridgehead atoms. The highest BCUT2D eigenvalue weighted by Crippen LogP contribution is 2.49. The minimum absolute atomic E-state index is 0.0290. The first-order valence-electron chi connectivity index (χ1n) is 6.54. The van der Waals surface area contributed by atoms with Gasteiger partial charge in [-0.2, -0.15) is 0 Å². The zero-order valence-corrected chi connectivity index (χ0v) is 12.8. The molecule has 4 heteroatoms. The van der Waals surface area contributed by atoms with Gasteiger partial charge in [-0.15, -0.1) is 0 Å². The van der Waals surface area contributed by atoms with Crippen LogP contribution in [0.3, 0.4) is 0 Å². The van der Waals surface area contributed by atoms with E-state index in [1.165, 1.54) is 23.5 Å². The molecule has 21 heavy (non-hydrogen) atoms. The Labute approximate surface area is 130 Å². The molecule has 0 saturated carbocycles. The number of aryl methyl sites for hydroxylation is 1. The highest BCUT2D eigenvalue weighted by atomic mass is 32.2. The fourth-order valence-corrected chi connectivity index (χ4v) is 4.90. The lowest BCUT2D eigenvalue weighted by molar-refractivity contribution is 0.101. The number of hydrogen-bond donors (Lipinski definition) is 0.